The minimum Gasteiger partial charge on any atom is -0.349 e. The molecule has 1 unspecified atom stereocenters. The molecular formula is C21H21FN5O2+. The number of nitrogens with one attached hydrogen (secondary N) is 1. The van der Waals surface area contributed by atoms with E-state index in [1.165, 1.54) is 12.1 Å². The number of imidazole rings is 1. The predicted molar refractivity (Wildman–Crippen MR) is 103 cm³/mol. The quantitative estimate of drug-likeness (QED) is 0.674. The van der Waals surface area contributed by atoms with Gasteiger partial charge in [0.2, 0.25) is 5.69 Å². The summed E-state index contributed by atoms with van der Waals surface area (Å²) in [5, 5.41) is 7.56. The van der Waals surface area contributed by atoms with Crippen LogP contribution in [0.3, 0.4) is 0 Å². The second-order valence-corrected chi connectivity index (χ2v) is 8.00. The van der Waals surface area contributed by atoms with Crippen LogP contribution in [0.15, 0.2) is 36.5 Å². The monoisotopic (exact) mass is 394 g/mol. The van der Waals surface area contributed by atoms with Gasteiger partial charge in [0.1, 0.15) is 11.5 Å². The molecule has 0 bridgehead atoms. The summed E-state index contributed by atoms with van der Waals surface area (Å²) in [7, 11) is 0. The normalized spacial score (nSPS) is 20.9. The number of hydrogen-bond acceptors (Lipinski definition) is 3. The molecule has 1 fully saturated rings. The summed E-state index contributed by atoms with van der Waals surface area (Å²) >= 11 is 0. The Morgan fingerprint density at radius 2 is 1.97 bits per heavy atom. The van der Waals surface area contributed by atoms with Crippen LogP contribution >= 0.6 is 0 Å². The van der Waals surface area contributed by atoms with Crippen molar-refractivity contribution in [2.24, 2.45) is 0 Å². The average Bonchev–Trinajstić information content (AvgIpc) is 3.18. The molecular weight excluding hydrogens is 373 g/mol. The number of rotatable bonds is 2. The molecule has 8 heteroatoms. The Hall–Kier alpha value is -3.29. The summed E-state index contributed by atoms with van der Waals surface area (Å²) in [5.74, 6) is -0.570. The van der Waals surface area contributed by atoms with Crippen molar-refractivity contribution in [3.63, 3.8) is 0 Å². The summed E-state index contributed by atoms with van der Waals surface area (Å²) in [6.07, 6.45) is 1.69. The maximum atomic E-state index is 13.3. The van der Waals surface area contributed by atoms with Crippen LogP contribution in [0.5, 0.6) is 0 Å². The molecule has 1 N–H and O–H groups in total. The van der Waals surface area contributed by atoms with Crippen molar-refractivity contribution < 1.29 is 18.5 Å². The molecule has 4 heterocycles. The molecule has 0 radical (unpaired) electrons. The summed E-state index contributed by atoms with van der Waals surface area (Å²) < 4.78 is 16.8. The van der Waals surface area contributed by atoms with Gasteiger partial charge in [0.05, 0.1) is 0 Å². The first-order valence-corrected chi connectivity index (χ1v) is 9.67. The lowest BCUT2D eigenvalue weighted by Gasteiger charge is -2.35. The second-order valence-electron chi connectivity index (χ2n) is 8.00. The van der Waals surface area contributed by atoms with E-state index >= 15 is 0 Å². The van der Waals surface area contributed by atoms with E-state index in [1.807, 2.05) is 6.07 Å². The maximum absolute atomic E-state index is 13.3. The zero-order valence-corrected chi connectivity index (χ0v) is 16.4. The molecule has 5 rings (SSSR count). The first kappa shape index (κ1) is 17.8. The fourth-order valence-electron chi connectivity index (χ4n) is 4.37. The van der Waals surface area contributed by atoms with E-state index in [1.54, 1.807) is 39.2 Å². The number of carbonyl (C=O) groups is 2. The standard InChI is InChI=1S/C21H20FN5O2/c1-12(2)15-10-16(13-4-6-14(22)7-5-13)24-26-11-17-19(28)25-9-8-23-20(29)21(25,3)27(17)18(15)26/h4-7,10-12H,8-9H2,1-3H3/p+1. The number of carbonyl (C=O) groups excluding carboxylic acids is 2. The van der Waals surface area contributed by atoms with Crippen molar-refractivity contribution in [3.8, 4) is 11.3 Å². The lowest BCUT2D eigenvalue weighted by atomic mass is 10.0. The van der Waals surface area contributed by atoms with Gasteiger partial charge in [-0.15, -0.1) is 0 Å². The fraction of sp³-hybridized carbons (Fsp3) is 0.333. The largest absolute Gasteiger partial charge is 0.349 e. The minimum atomic E-state index is -1.12. The third kappa shape index (κ3) is 2.28. The van der Waals surface area contributed by atoms with Crippen molar-refractivity contribution in [1.29, 1.82) is 0 Å². The molecule has 1 aromatic carbocycles. The molecule has 2 aliphatic heterocycles. The van der Waals surface area contributed by atoms with E-state index in [0.29, 0.717) is 24.5 Å². The van der Waals surface area contributed by atoms with Gasteiger partial charge in [-0.05, 0) is 36.2 Å². The van der Waals surface area contributed by atoms with Gasteiger partial charge in [0.25, 0.3) is 11.6 Å². The Labute approximate surface area is 166 Å². The molecule has 29 heavy (non-hydrogen) atoms. The molecule has 2 aliphatic rings. The van der Waals surface area contributed by atoms with Crippen molar-refractivity contribution in [3.05, 3.63) is 53.6 Å². The zero-order chi connectivity index (χ0) is 20.5. The smallest absolute Gasteiger partial charge is 0.313 e. The predicted octanol–water partition coefficient (Wildman–Crippen LogP) is 1.81. The molecule has 7 nitrogen and oxygen atoms in total. The number of nitrogens with zero attached hydrogens (tertiary/aromatic N) is 4. The molecule has 2 amide bonds. The molecule has 0 aliphatic carbocycles. The Morgan fingerprint density at radius 1 is 1.24 bits per heavy atom. The van der Waals surface area contributed by atoms with E-state index in [-0.39, 0.29) is 23.5 Å². The van der Waals surface area contributed by atoms with Crippen LogP contribution in [0.1, 0.15) is 42.7 Å². The third-order valence-electron chi connectivity index (χ3n) is 5.92. The van der Waals surface area contributed by atoms with Gasteiger partial charge < -0.3 is 5.32 Å². The van der Waals surface area contributed by atoms with Gasteiger partial charge in [-0.1, -0.05) is 23.5 Å². The van der Waals surface area contributed by atoms with Crippen LogP contribution in [0, 0.1) is 5.82 Å². The first-order valence-electron chi connectivity index (χ1n) is 9.67. The van der Waals surface area contributed by atoms with E-state index < -0.39 is 5.66 Å². The van der Waals surface area contributed by atoms with Gasteiger partial charge in [-0.3, -0.25) is 14.5 Å². The molecule has 2 aromatic heterocycles. The van der Waals surface area contributed by atoms with E-state index in [9.17, 15) is 14.0 Å². The highest BCUT2D eigenvalue weighted by Gasteiger charge is 2.60. The summed E-state index contributed by atoms with van der Waals surface area (Å²) in [6, 6.07) is 8.12. The molecule has 3 aromatic rings. The van der Waals surface area contributed by atoms with Gasteiger partial charge >= 0.3 is 11.6 Å². The molecule has 1 atom stereocenters. The molecule has 148 valence electrons. The van der Waals surface area contributed by atoms with Gasteiger partial charge in [-0.25, -0.2) is 4.39 Å². The van der Waals surface area contributed by atoms with Crippen LogP contribution in [-0.4, -0.2) is 39.4 Å². The van der Waals surface area contributed by atoms with Crippen LogP contribution in [0.25, 0.3) is 16.9 Å². The van der Waals surface area contributed by atoms with Crippen molar-refractivity contribution in [2.45, 2.75) is 32.4 Å². The maximum Gasteiger partial charge on any atom is 0.313 e. The first-order chi connectivity index (χ1) is 13.8. The molecule has 0 saturated carbocycles. The van der Waals surface area contributed by atoms with E-state index in [0.717, 1.165) is 16.8 Å². The van der Waals surface area contributed by atoms with E-state index in [4.69, 9.17) is 0 Å². The highest BCUT2D eigenvalue weighted by atomic mass is 19.1. The summed E-state index contributed by atoms with van der Waals surface area (Å²) in [6.45, 7) is 6.80. The Morgan fingerprint density at radius 3 is 2.66 bits per heavy atom. The van der Waals surface area contributed by atoms with Gasteiger partial charge in [0.15, 0.2) is 6.20 Å². The third-order valence-corrected chi connectivity index (χ3v) is 5.92. The number of benzene rings is 1. The van der Waals surface area contributed by atoms with Crippen LogP contribution in [0.2, 0.25) is 0 Å². The molecule has 1 saturated heterocycles. The zero-order valence-electron chi connectivity index (χ0n) is 16.4. The fourth-order valence-corrected chi connectivity index (χ4v) is 4.37. The van der Waals surface area contributed by atoms with Crippen molar-refractivity contribution in [2.75, 3.05) is 13.1 Å². The average molecular weight is 394 g/mol. The Balaban J connectivity index is 1.81. The van der Waals surface area contributed by atoms with Gasteiger partial charge in [0, 0.05) is 31.1 Å². The van der Waals surface area contributed by atoms with Crippen LogP contribution in [-0.2, 0) is 10.5 Å². The lowest BCUT2D eigenvalue weighted by Crippen LogP contribution is -2.71. The summed E-state index contributed by atoms with van der Waals surface area (Å²) in [4.78, 5) is 27.5. The SMILES string of the molecule is CC(C)c1cc(-c2ccc(F)cc2)nn2cc3[n+](c12)C1(C)C(=O)NCCN1C3=O. The summed E-state index contributed by atoms with van der Waals surface area (Å²) in [5.41, 5.74) is 2.45. The number of halogens is 1. The second kappa shape index (κ2) is 5.85. The van der Waals surface area contributed by atoms with Crippen LogP contribution < -0.4 is 9.88 Å². The highest BCUT2D eigenvalue weighted by molar-refractivity contribution is 5.98. The lowest BCUT2D eigenvalue weighted by molar-refractivity contribution is -0.732. The number of aromatic nitrogens is 3. The highest BCUT2D eigenvalue weighted by Crippen LogP contribution is 2.32. The minimum absolute atomic E-state index is 0.116. The van der Waals surface area contributed by atoms with Gasteiger partial charge in [-0.2, -0.15) is 4.57 Å². The Kier molecular flexibility index (Phi) is 3.59. The Bertz CT molecular complexity index is 1180. The number of fused-ring (bicyclic) bond motifs is 5. The topological polar surface area (TPSA) is 70.6 Å². The number of piperazine rings is 1. The number of amides is 2. The number of hydrogen-bond donors (Lipinski definition) is 1. The van der Waals surface area contributed by atoms with E-state index in [2.05, 4.69) is 24.3 Å². The molecule has 0 spiro atoms. The van der Waals surface area contributed by atoms with Crippen LogP contribution in [0.4, 0.5) is 4.39 Å². The van der Waals surface area contributed by atoms with Crippen molar-refractivity contribution >= 4 is 17.5 Å². The van der Waals surface area contributed by atoms with Crippen molar-refractivity contribution in [1.82, 2.24) is 19.8 Å².